The fourth-order valence-electron chi connectivity index (χ4n) is 0.766. The summed E-state index contributed by atoms with van der Waals surface area (Å²) in [6.45, 7) is 0.781. The van der Waals surface area contributed by atoms with Gasteiger partial charge in [0.1, 0.15) is 6.67 Å². The van der Waals surface area contributed by atoms with Crippen molar-refractivity contribution < 1.29 is 0 Å². The Labute approximate surface area is 46.5 Å². The Morgan fingerprint density at radius 3 is 3.62 bits per heavy atom. The summed E-state index contributed by atoms with van der Waals surface area (Å²) < 4.78 is 1.85. The SMILES string of the molecule is c1cn2c(n1)NCN2. The molecule has 0 unspecified atom stereocenters. The number of rotatable bonds is 0. The minimum absolute atomic E-state index is 0.781. The molecule has 0 spiro atoms. The molecule has 0 saturated carbocycles. The zero-order valence-corrected chi connectivity index (χ0v) is 4.26. The van der Waals surface area contributed by atoms with Gasteiger partial charge in [-0.05, 0) is 0 Å². The van der Waals surface area contributed by atoms with Crippen LogP contribution in [-0.4, -0.2) is 16.3 Å². The number of anilines is 1. The highest BCUT2D eigenvalue weighted by molar-refractivity contribution is 5.31. The maximum Gasteiger partial charge on any atom is 0.223 e. The molecule has 0 amide bonds. The van der Waals surface area contributed by atoms with Crippen molar-refractivity contribution in [3.8, 4) is 0 Å². The van der Waals surface area contributed by atoms with E-state index in [0.717, 1.165) is 12.6 Å². The van der Waals surface area contributed by atoms with E-state index in [1.807, 2.05) is 10.9 Å². The molecule has 4 heteroatoms. The lowest BCUT2D eigenvalue weighted by molar-refractivity contribution is 0.968. The first-order valence-corrected chi connectivity index (χ1v) is 2.48. The highest BCUT2D eigenvalue weighted by atomic mass is 15.5. The van der Waals surface area contributed by atoms with E-state index < -0.39 is 0 Å². The Morgan fingerprint density at radius 1 is 1.75 bits per heavy atom. The molecule has 1 aliphatic heterocycles. The van der Waals surface area contributed by atoms with Gasteiger partial charge in [-0.25, -0.2) is 9.66 Å². The highest BCUT2D eigenvalue weighted by Gasteiger charge is 2.05. The average Bonchev–Trinajstić information content (AvgIpc) is 2.15. The van der Waals surface area contributed by atoms with E-state index in [4.69, 9.17) is 0 Å². The standard InChI is InChI=1S/C4H6N4/c1-2-8-4(5-1)6-3-7-8/h1-2,7H,3H2,(H,5,6). The molecule has 1 aliphatic rings. The molecular weight excluding hydrogens is 104 g/mol. The summed E-state index contributed by atoms with van der Waals surface area (Å²) >= 11 is 0. The fourth-order valence-corrected chi connectivity index (χ4v) is 0.766. The van der Waals surface area contributed by atoms with Crippen LogP contribution in [0.25, 0.3) is 0 Å². The summed E-state index contributed by atoms with van der Waals surface area (Å²) in [4.78, 5) is 3.99. The van der Waals surface area contributed by atoms with Crippen molar-refractivity contribution in [1.82, 2.24) is 9.66 Å². The Hall–Kier alpha value is -1.19. The molecule has 0 atom stereocenters. The van der Waals surface area contributed by atoms with E-state index in [9.17, 15) is 0 Å². The van der Waals surface area contributed by atoms with E-state index in [-0.39, 0.29) is 0 Å². The second-order valence-electron chi connectivity index (χ2n) is 1.63. The smallest absolute Gasteiger partial charge is 0.223 e. The van der Waals surface area contributed by atoms with Crippen LogP contribution in [0.5, 0.6) is 0 Å². The number of hydrogen-bond donors (Lipinski definition) is 2. The van der Waals surface area contributed by atoms with Crippen LogP contribution in [-0.2, 0) is 0 Å². The molecule has 0 aromatic carbocycles. The maximum absolute atomic E-state index is 3.99. The molecule has 4 nitrogen and oxygen atoms in total. The second kappa shape index (κ2) is 1.15. The van der Waals surface area contributed by atoms with Gasteiger partial charge in [-0.3, -0.25) is 0 Å². The molecule has 2 heterocycles. The van der Waals surface area contributed by atoms with Gasteiger partial charge in [0.05, 0.1) is 0 Å². The zero-order chi connectivity index (χ0) is 5.40. The molecule has 42 valence electrons. The van der Waals surface area contributed by atoms with Crippen LogP contribution in [0.4, 0.5) is 5.95 Å². The van der Waals surface area contributed by atoms with Gasteiger partial charge in [0, 0.05) is 12.4 Å². The van der Waals surface area contributed by atoms with Crippen molar-refractivity contribution in [1.29, 1.82) is 0 Å². The van der Waals surface area contributed by atoms with Crippen molar-refractivity contribution in [3.05, 3.63) is 12.4 Å². The molecule has 0 bridgehead atoms. The van der Waals surface area contributed by atoms with Crippen LogP contribution >= 0.6 is 0 Å². The quantitative estimate of drug-likeness (QED) is 0.486. The van der Waals surface area contributed by atoms with Crippen LogP contribution in [0.15, 0.2) is 12.4 Å². The zero-order valence-electron chi connectivity index (χ0n) is 4.26. The molecule has 2 N–H and O–H groups in total. The molecule has 2 rings (SSSR count). The number of nitrogens with zero attached hydrogens (tertiary/aromatic N) is 2. The van der Waals surface area contributed by atoms with E-state index >= 15 is 0 Å². The van der Waals surface area contributed by atoms with E-state index in [2.05, 4.69) is 15.7 Å². The van der Waals surface area contributed by atoms with Crippen molar-refractivity contribution in [3.63, 3.8) is 0 Å². The molecule has 1 aromatic heterocycles. The third-order valence-corrected chi connectivity index (χ3v) is 1.14. The lowest BCUT2D eigenvalue weighted by atomic mass is 10.9. The molecule has 8 heavy (non-hydrogen) atoms. The lowest BCUT2D eigenvalue weighted by Gasteiger charge is -1.90. The minimum atomic E-state index is 0.781. The fraction of sp³-hybridized carbons (Fsp3) is 0.250. The summed E-state index contributed by atoms with van der Waals surface area (Å²) in [5.74, 6) is 0.894. The van der Waals surface area contributed by atoms with Gasteiger partial charge in [0.2, 0.25) is 5.95 Å². The van der Waals surface area contributed by atoms with Crippen LogP contribution in [0.2, 0.25) is 0 Å². The number of nitrogens with one attached hydrogen (secondary N) is 2. The van der Waals surface area contributed by atoms with Crippen molar-refractivity contribution in [2.45, 2.75) is 0 Å². The summed E-state index contributed by atoms with van der Waals surface area (Å²) in [6.07, 6.45) is 3.61. The van der Waals surface area contributed by atoms with Gasteiger partial charge in [0.15, 0.2) is 0 Å². The third kappa shape index (κ3) is 0.318. The van der Waals surface area contributed by atoms with Crippen LogP contribution in [0, 0.1) is 0 Å². The highest BCUT2D eigenvalue weighted by Crippen LogP contribution is 2.03. The minimum Gasteiger partial charge on any atom is -0.336 e. The van der Waals surface area contributed by atoms with Crippen LogP contribution < -0.4 is 10.7 Å². The number of fused-ring (bicyclic) bond motifs is 1. The van der Waals surface area contributed by atoms with Crippen LogP contribution in [0.3, 0.4) is 0 Å². The lowest BCUT2D eigenvalue weighted by Crippen LogP contribution is -2.06. The predicted octanol–water partition coefficient (Wildman–Crippen LogP) is -0.190. The Kier molecular flexibility index (Phi) is 0.542. The third-order valence-electron chi connectivity index (χ3n) is 1.14. The summed E-state index contributed by atoms with van der Waals surface area (Å²) in [7, 11) is 0. The first-order valence-electron chi connectivity index (χ1n) is 2.48. The Bertz CT molecular complexity index is 173. The van der Waals surface area contributed by atoms with Gasteiger partial charge >= 0.3 is 0 Å². The molecular formula is C4H6N4. The number of aromatic nitrogens is 2. The monoisotopic (exact) mass is 110 g/mol. The van der Waals surface area contributed by atoms with E-state index in [1.165, 1.54) is 0 Å². The van der Waals surface area contributed by atoms with E-state index in [0.29, 0.717) is 0 Å². The van der Waals surface area contributed by atoms with Gasteiger partial charge in [-0.2, -0.15) is 0 Å². The summed E-state index contributed by atoms with van der Waals surface area (Å²) in [6, 6.07) is 0. The Morgan fingerprint density at radius 2 is 2.75 bits per heavy atom. The number of imidazole rings is 1. The topological polar surface area (TPSA) is 41.9 Å². The second-order valence-corrected chi connectivity index (χ2v) is 1.63. The normalized spacial score (nSPS) is 14.5. The largest absolute Gasteiger partial charge is 0.336 e. The van der Waals surface area contributed by atoms with Gasteiger partial charge in [-0.15, -0.1) is 0 Å². The van der Waals surface area contributed by atoms with Crippen molar-refractivity contribution in [2.24, 2.45) is 0 Å². The number of hydrogen-bond acceptors (Lipinski definition) is 3. The first kappa shape index (κ1) is 3.77. The van der Waals surface area contributed by atoms with Gasteiger partial charge in [-0.1, -0.05) is 0 Å². The van der Waals surface area contributed by atoms with E-state index in [1.54, 1.807) is 6.20 Å². The van der Waals surface area contributed by atoms with Crippen molar-refractivity contribution in [2.75, 3.05) is 17.4 Å². The average molecular weight is 110 g/mol. The molecule has 0 aliphatic carbocycles. The predicted molar refractivity (Wildman–Crippen MR) is 30.1 cm³/mol. The molecule has 0 radical (unpaired) electrons. The molecule has 0 fully saturated rings. The van der Waals surface area contributed by atoms with Gasteiger partial charge in [0.25, 0.3) is 0 Å². The summed E-state index contributed by atoms with van der Waals surface area (Å²) in [5.41, 5.74) is 3.02. The van der Waals surface area contributed by atoms with Crippen molar-refractivity contribution >= 4 is 5.95 Å². The van der Waals surface area contributed by atoms with Gasteiger partial charge < -0.3 is 10.7 Å². The molecule has 1 aromatic rings. The Balaban J connectivity index is 2.54. The summed E-state index contributed by atoms with van der Waals surface area (Å²) in [5, 5.41) is 3.02. The molecule has 0 saturated heterocycles. The van der Waals surface area contributed by atoms with Crippen LogP contribution in [0.1, 0.15) is 0 Å². The first-order chi connectivity index (χ1) is 3.97. The maximum atomic E-state index is 3.99.